The van der Waals surface area contributed by atoms with Gasteiger partial charge in [-0.15, -0.1) is 0 Å². The van der Waals surface area contributed by atoms with E-state index in [-0.39, 0.29) is 6.54 Å². The fourth-order valence-corrected chi connectivity index (χ4v) is 1.57. The lowest BCUT2D eigenvalue weighted by atomic mass is 10.1. The van der Waals surface area contributed by atoms with E-state index in [0.717, 1.165) is 0 Å². The summed E-state index contributed by atoms with van der Waals surface area (Å²) in [5.41, 5.74) is 8.20. The van der Waals surface area contributed by atoms with E-state index in [0.29, 0.717) is 0 Å². The van der Waals surface area contributed by atoms with E-state index < -0.39 is 24.1 Å². The Labute approximate surface area is 98.8 Å². The van der Waals surface area contributed by atoms with Gasteiger partial charge in [0.2, 0.25) is 0 Å². The molecule has 8 nitrogen and oxygen atoms in total. The van der Waals surface area contributed by atoms with Crippen LogP contribution in [0.1, 0.15) is 13.8 Å². The van der Waals surface area contributed by atoms with Crippen molar-refractivity contribution in [2.75, 3.05) is 13.7 Å². The van der Waals surface area contributed by atoms with Crippen molar-refractivity contribution >= 4 is 6.21 Å². The van der Waals surface area contributed by atoms with Crippen LogP contribution in [-0.4, -0.2) is 49.1 Å². The van der Waals surface area contributed by atoms with Gasteiger partial charge in [-0.25, -0.2) is 0 Å². The molecule has 0 unspecified atom stereocenters. The van der Waals surface area contributed by atoms with E-state index >= 15 is 0 Å². The van der Waals surface area contributed by atoms with Crippen molar-refractivity contribution in [3.8, 4) is 0 Å². The number of azide groups is 1. The van der Waals surface area contributed by atoms with Crippen LogP contribution in [0.4, 0.5) is 0 Å². The normalized spacial score (nSPS) is 28.9. The first-order valence-corrected chi connectivity index (χ1v) is 5.11. The number of hydrogen-bond donors (Lipinski definition) is 1. The Morgan fingerprint density at radius 3 is 2.88 bits per heavy atom. The van der Waals surface area contributed by atoms with Crippen LogP contribution in [0, 0.1) is 0 Å². The van der Waals surface area contributed by atoms with Crippen LogP contribution >= 0.6 is 0 Å². The number of aliphatic hydroxyl groups is 1. The molecule has 1 aliphatic rings. The van der Waals surface area contributed by atoms with E-state index in [9.17, 15) is 5.11 Å². The van der Waals surface area contributed by atoms with Crippen molar-refractivity contribution in [1.82, 2.24) is 0 Å². The number of ether oxygens (including phenoxy) is 2. The zero-order chi connectivity index (χ0) is 12.9. The second-order valence-corrected chi connectivity index (χ2v) is 3.98. The molecule has 1 fully saturated rings. The molecule has 0 saturated carbocycles. The molecule has 17 heavy (non-hydrogen) atoms. The molecule has 0 radical (unpaired) electrons. The summed E-state index contributed by atoms with van der Waals surface area (Å²) in [6.45, 7) is 3.36. The molecule has 0 aliphatic carbocycles. The molecule has 0 aromatic rings. The fourth-order valence-electron chi connectivity index (χ4n) is 1.57. The van der Waals surface area contributed by atoms with Gasteiger partial charge >= 0.3 is 0 Å². The smallest absolute Gasteiger partial charge is 0.164 e. The standard InChI is InChI=1S/C9H16N4O4/c1-9(2)16-7(5-12-15-3)8(17-9)6(14)4-11-13-10/h5-8,14H,4H2,1-3H3/t6-,7-,8-/m1/s1. The number of hydrogen-bond acceptors (Lipinski definition) is 6. The third-order valence-corrected chi connectivity index (χ3v) is 2.19. The van der Waals surface area contributed by atoms with Crippen LogP contribution in [0.25, 0.3) is 10.4 Å². The highest BCUT2D eigenvalue weighted by Gasteiger charge is 2.43. The van der Waals surface area contributed by atoms with E-state index in [1.54, 1.807) is 13.8 Å². The Morgan fingerprint density at radius 1 is 1.59 bits per heavy atom. The topological polar surface area (TPSA) is 109 Å². The van der Waals surface area contributed by atoms with Gasteiger partial charge in [-0.05, 0) is 19.4 Å². The molecule has 0 aromatic carbocycles. The van der Waals surface area contributed by atoms with Gasteiger partial charge in [0.1, 0.15) is 19.3 Å². The van der Waals surface area contributed by atoms with Gasteiger partial charge in [-0.3, -0.25) is 0 Å². The fraction of sp³-hybridized carbons (Fsp3) is 0.889. The number of aliphatic hydroxyl groups excluding tert-OH is 1. The molecule has 0 bridgehead atoms. The van der Waals surface area contributed by atoms with Gasteiger partial charge in [0, 0.05) is 4.91 Å². The summed E-state index contributed by atoms with van der Waals surface area (Å²) in [5, 5.41) is 16.7. The minimum atomic E-state index is -0.957. The van der Waals surface area contributed by atoms with Gasteiger partial charge in [-0.1, -0.05) is 10.3 Å². The van der Waals surface area contributed by atoms with Crippen molar-refractivity contribution in [3.63, 3.8) is 0 Å². The molecule has 0 spiro atoms. The summed E-state index contributed by atoms with van der Waals surface area (Å²) < 4.78 is 11.0. The maximum Gasteiger partial charge on any atom is 0.164 e. The Morgan fingerprint density at radius 2 is 2.29 bits per heavy atom. The second kappa shape index (κ2) is 5.83. The monoisotopic (exact) mass is 244 g/mol. The first-order chi connectivity index (χ1) is 8.00. The highest BCUT2D eigenvalue weighted by Crippen LogP contribution is 2.29. The van der Waals surface area contributed by atoms with Crippen LogP contribution < -0.4 is 0 Å². The number of nitrogens with zero attached hydrogens (tertiary/aromatic N) is 4. The third kappa shape index (κ3) is 3.86. The molecular formula is C9H16N4O4. The second-order valence-electron chi connectivity index (χ2n) is 3.98. The van der Waals surface area contributed by atoms with Crippen LogP contribution in [-0.2, 0) is 14.3 Å². The van der Waals surface area contributed by atoms with Gasteiger partial charge in [0.25, 0.3) is 0 Å². The zero-order valence-corrected chi connectivity index (χ0v) is 9.98. The van der Waals surface area contributed by atoms with Gasteiger partial charge in [0.05, 0.1) is 18.9 Å². The van der Waals surface area contributed by atoms with Crippen LogP contribution in [0.15, 0.2) is 10.3 Å². The minimum Gasteiger partial charge on any atom is -0.399 e. The SMILES string of the molecule is CON=C[C@H]1OC(C)(C)O[C@@H]1[C@H](O)CN=[N+]=[N-]. The molecular weight excluding hydrogens is 228 g/mol. The molecule has 3 atom stereocenters. The summed E-state index contributed by atoms with van der Waals surface area (Å²) in [6.07, 6.45) is -0.747. The van der Waals surface area contributed by atoms with Crippen LogP contribution in [0.2, 0.25) is 0 Å². The van der Waals surface area contributed by atoms with Crippen molar-refractivity contribution in [1.29, 1.82) is 0 Å². The summed E-state index contributed by atoms with van der Waals surface area (Å²) in [4.78, 5) is 7.13. The molecule has 96 valence electrons. The van der Waals surface area contributed by atoms with E-state index in [1.807, 2.05) is 0 Å². The maximum absolute atomic E-state index is 9.81. The Kier molecular flexibility index (Phi) is 4.71. The predicted molar refractivity (Wildman–Crippen MR) is 59.3 cm³/mol. The lowest BCUT2D eigenvalue weighted by molar-refractivity contribution is -0.151. The van der Waals surface area contributed by atoms with Crippen molar-refractivity contribution in [2.24, 2.45) is 10.3 Å². The molecule has 1 N–H and O–H groups in total. The summed E-state index contributed by atoms with van der Waals surface area (Å²) in [7, 11) is 1.41. The molecule has 1 saturated heterocycles. The number of oxime groups is 1. The Hall–Kier alpha value is -1.34. The largest absolute Gasteiger partial charge is 0.399 e. The lowest BCUT2D eigenvalue weighted by Gasteiger charge is -2.19. The molecule has 1 heterocycles. The van der Waals surface area contributed by atoms with Crippen molar-refractivity contribution in [3.05, 3.63) is 10.4 Å². The molecule has 0 amide bonds. The van der Waals surface area contributed by atoms with Crippen molar-refractivity contribution < 1.29 is 19.4 Å². The van der Waals surface area contributed by atoms with Crippen molar-refractivity contribution in [2.45, 2.75) is 37.9 Å². The predicted octanol–water partition coefficient (Wildman–Crippen LogP) is 0.810. The molecule has 8 heteroatoms. The zero-order valence-electron chi connectivity index (χ0n) is 9.98. The summed E-state index contributed by atoms with van der Waals surface area (Å²) in [6, 6.07) is 0. The Balaban J connectivity index is 2.72. The van der Waals surface area contributed by atoms with Gasteiger partial charge < -0.3 is 19.4 Å². The van der Waals surface area contributed by atoms with E-state index in [4.69, 9.17) is 15.0 Å². The molecule has 0 aromatic heterocycles. The molecule has 1 rings (SSSR count). The Bertz CT molecular complexity index is 327. The van der Waals surface area contributed by atoms with Crippen LogP contribution in [0.3, 0.4) is 0 Å². The lowest BCUT2D eigenvalue weighted by Crippen LogP contribution is -2.38. The first kappa shape index (κ1) is 13.7. The van der Waals surface area contributed by atoms with Gasteiger partial charge in [-0.2, -0.15) is 0 Å². The van der Waals surface area contributed by atoms with E-state index in [2.05, 4.69) is 20.0 Å². The highest BCUT2D eigenvalue weighted by molar-refractivity contribution is 5.64. The molecule has 1 aliphatic heterocycles. The average Bonchev–Trinajstić information content (AvgIpc) is 2.58. The summed E-state index contributed by atoms with van der Waals surface area (Å²) in [5.74, 6) is -0.827. The number of rotatable bonds is 5. The minimum absolute atomic E-state index is 0.0854. The third-order valence-electron chi connectivity index (χ3n) is 2.19. The van der Waals surface area contributed by atoms with Crippen LogP contribution in [0.5, 0.6) is 0 Å². The quantitative estimate of drug-likeness (QED) is 0.253. The highest BCUT2D eigenvalue weighted by atomic mass is 16.8. The average molecular weight is 244 g/mol. The maximum atomic E-state index is 9.81. The van der Waals surface area contributed by atoms with Gasteiger partial charge in [0.15, 0.2) is 5.79 Å². The first-order valence-electron chi connectivity index (χ1n) is 5.11. The summed E-state index contributed by atoms with van der Waals surface area (Å²) >= 11 is 0. The van der Waals surface area contributed by atoms with E-state index in [1.165, 1.54) is 13.3 Å².